The first-order valence-electron chi connectivity index (χ1n) is 5.32. The average molecular weight is 291 g/mol. The molecule has 0 fully saturated rings. The summed E-state index contributed by atoms with van der Waals surface area (Å²) >= 11 is 5.45. The smallest absolute Gasteiger partial charge is 0.875 e. The molecular weight excluding hydrogens is 275 g/mol. The van der Waals surface area contributed by atoms with E-state index in [-0.39, 0.29) is 22.8 Å². The van der Waals surface area contributed by atoms with Crippen molar-refractivity contribution in [2.75, 3.05) is 5.88 Å². The van der Waals surface area contributed by atoms with Crippen molar-refractivity contribution in [2.24, 2.45) is 0 Å². The summed E-state index contributed by atoms with van der Waals surface area (Å²) in [6, 6.07) is 10.0. The number of alkyl halides is 1. The quantitative estimate of drug-likeness (QED) is 0.363. The van der Waals surface area contributed by atoms with Crippen LogP contribution in [0.5, 0.6) is 0 Å². The Balaban J connectivity index is 0.000000360. The molecule has 0 aliphatic heterocycles. The van der Waals surface area contributed by atoms with Crippen LogP contribution in [0.3, 0.4) is 0 Å². The van der Waals surface area contributed by atoms with Gasteiger partial charge in [-0.15, -0.1) is 17.4 Å². The first-order chi connectivity index (χ1) is 7.84. The van der Waals surface area contributed by atoms with Crippen molar-refractivity contribution in [3.8, 4) is 0 Å². The molecule has 0 amide bonds. The van der Waals surface area contributed by atoms with E-state index in [2.05, 4.69) is 0 Å². The van der Waals surface area contributed by atoms with Gasteiger partial charge in [-0.05, 0) is 18.4 Å². The number of allylic oxidation sites excluding steroid dienone is 6. The SMILES string of the molecule is [Fe+2].[O-]C(CCCCl)=C1C=CC=C1.c1cc[cH-]c1. The van der Waals surface area contributed by atoms with Crippen LogP contribution < -0.4 is 5.11 Å². The summed E-state index contributed by atoms with van der Waals surface area (Å²) in [6.45, 7) is 0. The predicted molar refractivity (Wildman–Crippen MR) is 67.3 cm³/mol. The molecule has 92 valence electrons. The Kier molecular flexibility index (Phi) is 9.84. The van der Waals surface area contributed by atoms with Crippen LogP contribution in [0, 0.1) is 0 Å². The van der Waals surface area contributed by atoms with Gasteiger partial charge < -0.3 is 5.11 Å². The Morgan fingerprint density at radius 2 is 1.76 bits per heavy atom. The minimum atomic E-state index is 0. The van der Waals surface area contributed by atoms with E-state index in [4.69, 9.17) is 11.6 Å². The van der Waals surface area contributed by atoms with Crippen molar-refractivity contribution in [2.45, 2.75) is 12.8 Å². The van der Waals surface area contributed by atoms with Crippen LogP contribution in [0.15, 0.2) is 66.0 Å². The molecule has 1 nitrogen and oxygen atoms in total. The third kappa shape index (κ3) is 7.17. The molecule has 0 heterocycles. The van der Waals surface area contributed by atoms with Crippen LogP contribution in [0.25, 0.3) is 0 Å². The van der Waals surface area contributed by atoms with Gasteiger partial charge in [-0.3, -0.25) is 0 Å². The van der Waals surface area contributed by atoms with Crippen molar-refractivity contribution < 1.29 is 22.2 Å². The molecule has 1 aromatic carbocycles. The molecule has 0 bridgehead atoms. The zero-order chi connectivity index (χ0) is 11.6. The van der Waals surface area contributed by atoms with Gasteiger partial charge in [-0.25, -0.2) is 12.1 Å². The first-order valence-corrected chi connectivity index (χ1v) is 5.85. The standard InChI is InChI=1S/C9H11ClO.C5H5.Fe/c10-7-3-6-9(11)8-4-1-2-5-8;1-2-4-5-3-1;/h1-2,4-5,11H,3,6-7H2;1-5H;/q;-1;+2/p-1. The molecule has 1 aliphatic carbocycles. The number of rotatable bonds is 3. The van der Waals surface area contributed by atoms with Gasteiger partial charge in [0.1, 0.15) is 0 Å². The molecule has 3 heteroatoms. The minimum Gasteiger partial charge on any atom is -0.875 e. The third-order valence-corrected chi connectivity index (χ3v) is 2.34. The van der Waals surface area contributed by atoms with Crippen molar-refractivity contribution in [1.29, 1.82) is 0 Å². The third-order valence-electron chi connectivity index (χ3n) is 2.08. The molecule has 1 aromatic rings. The van der Waals surface area contributed by atoms with Crippen LogP contribution in [0.4, 0.5) is 0 Å². The Bertz CT molecular complexity index is 332. The second-order valence-corrected chi connectivity index (χ2v) is 3.73. The van der Waals surface area contributed by atoms with Crippen LogP contribution in [-0.2, 0) is 17.1 Å². The van der Waals surface area contributed by atoms with E-state index in [1.807, 2.05) is 54.6 Å². The van der Waals surface area contributed by atoms with Crippen LogP contribution in [0.2, 0.25) is 0 Å². The molecule has 0 saturated carbocycles. The summed E-state index contributed by atoms with van der Waals surface area (Å²) < 4.78 is 0. The van der Waals surface area contributed by atoms with Gasteiger partial charge in [-0.1, -0.05) is 24.3 Å². The number of hydrogen-bond acceptors (Lipinski definition) is 1. The molecule has 0 aromatic heterocycles. The topological polar surface area (TPSA) is 23.1 Å². The Morgan fingerprint density at radius 1 is 1.18 bits per heavy atom. The monoisotopic (exact) mass is 290 g/mol. The van der Waals surface area contributed by atoms with Crippen molar-refractivity contribution in [1.82, 2.24) is 0 Å². The summed E-state index contributed by atoms with van der Waals surface area (Å²) in [4.78, 5) is 0. The van der Waals surface area contributed by atoms with Crippen LogP contribution >= 0.6 is 11.6 Å². The maximum atomic E-state index is 11.2. The number of hydrogen-bond donors (Lipinski definition) is 0. The molecule has 17 heavy (non-hydrogen) atoms. The molecule has 0 spiro atoms. The zero-order valence-corrected chi connectivity index (χ0v) is 11.3. The van der Waals surface area contributed by atoms with Gasteiger partial charge in [0, 0.05) is 5.88 Å². The summed E-state index contributed by atoms with van der Waals surface area (Å²) in [7, 11) is 0. The summed E-state index contributed by atoms with van der Waals surface area (Å²) in [6.07, 6.45) is 8.73. The van der Waals surface area contributed by atoms with Gasteiger partial charge in [0.15, 0.2) is 0 Å². The maximum Gasteiger partial charge on any atom is 2.00 e. The van der Waals surface area contributed by atoms with Gasteiger partial charge in [0.25, 0.3) is 0 Å². The van der Waals surface area contributed by atoms with Gasteiger partial charge in [0.05, 0.1) is 0 Å². The Morgan fingerprint density at radius 3 is 2.18 bits per heavy atom. The van der Waals surface area contributed by atoms with E-state index in [0.29, 0.717) is 12.3 Å². The fraction of sp³-hybridized carbons (Fsp3) is 0.214. The largest absolute Gasteiger partial charge is 2.00 e. The normalized spacial score (nSPS) is 11.7. The second kappa shape index (κ2) is 10.3. The second-order valence-electron chi connectivity index (χ2n) is 3.35. The van der Waals surface area contributed by atoms with Crippen LogP contribution in [-0.4, -0.2) is 5.88 Å². The average Bonchev–Trinajstić information content (AvgIpc) is 2.98. The summed E-state index contributed by atoms with van der Waals surface area (Å²) in [5, 5.41) is 11.2. The van der Waals surface area contributed by atoms with Crippen molar-refractivity contribution in [3.63, 3.8) is 0 Å². The van der Waals surface area contributed by atoms with Crippen molar-refractivity contribution in [3.05, 3.63) is 66.0 Å². The van der Waals surface area contributed by atoms with Gasteiger partial charge >= 0.3 is 17.1 Å². The summed E-state index contributed by atoms with van der Waals surface area (Å²) in [5.41, 5.74) is 0.801. The minimum absolute atomic E-state index is 0. The molecular formula is C14H15ClFeO. The molecule has 1 aliphatic rings. The van der Waals surface area contributed by atoms with Gasteiger partial charge in [0.2, 0.25) is 0 Å². The van der Waals surface area contributed by atoms with Crippen LogP contribution in [0.1, 0.15) is 12.8 Å². The van der Waals surface area contributed by atoms with E-state index >= 15 is 0 Å². The maximum absolute atomic E-state index is 11.2. The number of halogens is 1. The van der Waals surface area contributed by atoms with E-state index < -0.39 is 0 Å². The van der Waals surface area contributed by atoms with E-state index in [9.17, 15) is 5.11 Å². The zero-order valence-electron chi connectivity index (χ0n) is 9.46. The molecule has 0 atom stereocenters. The predicted octanol–water partition coefficient (Wildman–Crippen LogP) is 3.15. The molecule has 0 saturated heterocycles. The fourth-order valence-corrected chi connectivity index (χ4v) is 1.39. The van der Waals surface area contributed by atoms with E-state index in [1.54, 1.807) is 0 Å². The fourth-order valence-electron chi connectivity index (χ4n) is 1.25. The molecule has 0 unspecified atom stereocenters. The Hall–Kier alpha value is -0.821. The molecule has 2 rings (SSSR count). The van der Waals surface area contributed by atoms with E-state index in [0.717, 1.165) is 12.0 Å². The van der Waals surface area contributed by atoms with E-state index in [1.165, 1.54) is 0 Å². The molecule has 0 N–H and O–H groups in total. The summed E-state index contributed by atoms with van der Waals surface area (Å²) in [5.74, 6) is 0.752. The first kappa shape index (κ1) is 16.2. The molecule has 0 radical (unpaired) electrons. The Labute approximate surface area is 118 Å². The van der Waals surface area contributed by atoms with Crippen molar-refractivity contribution >= 4 is 11.6 Å². The van der Waals surface area contributed by atoms with Gasteiger partial charge in [-0.2, -0.15) is 18.2 Å².